The van der Waals surface area contributed by atoms with E-state index in [9.17, 15) is 9.90 Å². The Hall–Kier alpha value is -3.01. The Kier molecular flexibility index (Phi) is 4.13. The van der Waals surface area contributed by atoms with Crippen LogP contribution in [0.4, 0.5) is 0 Å². The standard InChI is InChI=1S/C20H18N2O2/c1-20(2,19(23)24)18-13-7-12-17(22-18)16-11-6-10-15(21-16)14-8-4-3-5-9-14/h3-13H,1-2H3,(H,23,24). The van der Waals surface area contributed by atoms with E-state index in [0.717, 1.165) is 17.0 Å². The van der Waals surface area contributed by atoms with Crippen molar-refractivity contribution in [3.8, 4) is 22.6 Å². The van der Waals surface area contributed by atoms with Crippen LogP contribution in [0, 0.1) is 0 Å². The lowest BCUT2D eigenvalue weighted by molar-refractivity contribution is -0.142. The number of aliphatic carboxylic acids is 1. The van der Waals surface area contributed by atoms with Crippen molar-refractivity contribution in [3.05, 3.63) is 72.4 Å². The molecule has 4 nitrogen and oxygen atoms in total. The van der Waals surface area contributed by atoms with Gasteiger partial charge in [0, 0.05) is 5.56 Å². The van der Waals surface area contributed by atoms with Crippen LogP contribution in [0.15, 0.2) is 66.7 Å². The molecular formula is C20H18N2O2. The third kappa shape index (κ3) is 3.04. The minimum Gasteiger partial charge on any atom is -0.481 e. The summed E-state index contributed by atoms with van der Waals surface area (Å²) in [5, 5.41) is 9.39. The van der Waals surface area contributed by atoms with Gasteiger partial charge >= 0.3 is 5.97 Å². The molecule has 2 aromatic heterocycles. The molecule has 0 saturated heterocycles. The molecule has 3 aromatic rings. The zero-order chi connectivity index (χ0) is 17.2. The Bertz CT molecular complexity index is 874. The van der Waals surface area contributed by atoms with Crippen molar-refractivity contribution in [2.75, 3.05) is 0 Å². The average molecular weight is 318 g/mol. The van der Waals surface area contributed by atoms with Crippen LogP contribution in [0.2, 0.25) is 0 Å². The molecule has 1 N–H and O–H groups in total. The monoisotopic (exact) mass is 318 g/mol. The highest BCUT2D eigenvalue weighted by molar-refractivity contribution is 5.79. The Balaban J connectivity index is 2.03. The predicted octanol–water partition coefficient (Wildman–Crippen LogP) is 4.17. The largest absolute Gasteiger partial charge is 0.481 e. The van der Waals surface area contributed by atoms with E-state index in [-0.39, 0.29) is 0 Å². The first kappa shape index (κ1) is 15.9. The Labute approximate surface area is 140 Å². The Morgan fingerprint density at radius 2 is 1.38 bits per heavy atom. The van der Waals surface area contributed by atoms with Gasteiger partial charge in [0.05, 0.1) is 22.8 Å². The van der Waals surface area contributed by atoms with Gasteiger partial charge in [0.1, 0.15) is 5.41 Å². The normalized spacial score (nSPS) is 11.2. The van der Waals surface area contributed by atoms with Crippen molar-refractivity contribution in [3.63, 3.8) is 0 Å². The second kappa shape index (κ2) is 6.24. The van der Waals surface area contributed by atoms with Gasteiger partial charge < -0.3 is 5.11 Å². The van der Waals surface area contributed by atoms with Crippen molar-refractivity contribution < 1.29 is 9.90 Å². The number of hydrogen-bond donors (Lipinski definition) is 1. The van der Waals surface area contributed by atoms with E-state index in [2.05, 4.69) is 9.97 Å². The molecule has 2 heterocycles. The van der Waals surface area contributed by atoms with Gasteiger partial charge in [-0.3, -0.25) is 9.78 Å². The summed E-state index contributed by atoms with van der Waals surface area (Å²) in [5.74, 6) is -0.904. The molecule has 0 fully saturated rings. The molecule has 0 unspecified atom stereocenters. The van der Waals surface area contributed by atoms with Crippen LogP contribution in [0.3, 0.4) is 0 Å². The zero-order valence-corrected chi connectivity index (χ0v) is 13.6. The second-order valence-electron chi connectivity index (χ2n) is 6.11. The fraction of sp³-hybridized carbons (Fsp3) is 0.150. The van der Waals surface area contributed by atoms with Gasteiger partial charge in [0.25, 0.3) is 0 Å². The highest BCUT2D eigenvalue weighted by atomic mass is 16.4. The highest BCUT2D eigenvalue weighted by Gasteiger charge is 2.31. The molecule has 0 radical (unpaired) electrons. The molecule has 1 aromatic carbocycles. The molecule has 0 bridgehead atoms. The molecule has 120 valence electrons. The molecule has 0 aliphatic heterocycles. The number of pyridine rings is 2. The van der Waals surface area contributed by atoms with Crippen molar-refractivity contribution >= 4 is 5.97 Å². The van der Waals surface area contributed by atoms with Crippen LogP contribution in [0.5, 0.6) is 0 Å². The van der Waals surface area contributed by atoms with Gasteiger partial charge in [-0.2, -0.15) is 0 Å². The summed E-state index contributed by atoms with van der Waals surface area (Å²) in [4.78, 5) is 20.7. The molecule has 0 aliphatic rings. The van der Waals surface area contributed by atoms with Crippen LogP contribution >= 0.6 is 0 Å². The second-order valence-corrected chi connectivity index (χ2v) is 6.11. The van der Waals surface area contributed by atoms with E-state index in [4.69, 9.17) is 0 Å². The van der Waals surface area contributed by atoms with Crippen molar-refractivity contribution in [1.29, 1.82) is 0 Å². The van der Waals surface area contributed by atoms with E-state index in [0.29, 0.717) is 11.4 Å². The number of carboxylic acid groups (broad SMARTS) is 1. The number of carbonyl (C=O) groups is 1. The van der Waals surface area contributed by atoms with Gasteiger partial charge in [-0.25, -0.2) is 4.98 Å². The zero-order valence-electron chi connectivity index (χ0n) is 13.6. The summed E-state index contributed by atoms with van der Waals surface area (Å²) in [6.45, 7) is 3.30. The fourth-order valence-corrected chi connectivity index (χ4v) is 2.38. The van der Waals surface area contributed by atoms with Crippen molar-refractivity contribution in [2.45, 2.75) is 19.3 Å². The summed E-state index contributed by atoms with van der Waals surface area (Å²) in [7, 11) is 0. The molecule has 0 aliphatic carbocycles. The lowest BCUT2D eigenvalue weighted by Crippen LogP contribution is -2.29. The fourth-order valence-electron chi connectivity index (χ4n) is 2.38. The summed E-state index contributed by atoms with van der Waals surface area (Å²) < 4.78 is 0. The number of benzene rings is 1. The minimum atomic E-state index is -1.05. The van der Waals surface area contributed by atoms with Gasteiger partial charge in [-0.05, 0) is 38.1 Å². The van der Waals surface area contributed by atoms with Crippen LogP contribution in [-0.2, 0) is 10.2 Å². The average Bonchev–Trinajstić information content (AvgIpc) is 2.62. The molecule has 0 atom stereocenters. The smallest absolute Gasteiger partial charge is 0.315 e. The first-order valence-electron chi connectivity index (χ1n) is 7.72. The van der Waals surface area contributed by atoms with Gasteiger partial charge in [0.2, 0.25) is 0 Å². The lowest BCUT2D eigenvalue weighted by Gasteiger charge is -2.19. The number of carboxylic acids is 1. The molecule has 0 spiro atoms. The van der Waals surface area contributed by atoms with E-state index in [1.54, 1.807) is 19.9 Å². The maximum atomic E-state index is 11.5. The Morgan fingerprint density at radius 1 is 0.792 bits per heavy atom. The summed E-state index contributed by atoms with van der Waals surface area (Å²) in [6.07, 6.45) is 0. The van der Waals surface area contributed by atoms with Gasteiger partial charge in [-0.15, -0.1) is 0 Å². The van der Waals surface area contributed by atoms with Crippen LogP contribution in [0.1, 0.15) is 19.5 Å². The van der Waals surface area contributed by atoms with Crippen LogP contribution < -0.4 is 0 Å². The van der Waals surface area contributed by atoms with Crippen molar-refractivity contribution in [2.24, 2.45) is 0 Å². The molecule has 0 amide bonds. The first-order valence-corrected chi connectivity index (χ1v) is 7.72. The maximum Gasteiger partial charge on any atom is 0.315 e. The van der Waals surface area contributed by atoms with E-state index in [1.165, 1.54) is 0 Å². The predicted molar refractivity (Wildman–Crippen MR) is 93.6 cm³/mol. The van der Waals surface area contributed by atoms with E-state index < -0.39 is 11.4 Å². The Morgan fingerprint density at radius 3 is 2.04 bits per heavy atom. The summed E-state index contributed by atoms with van der Waals surface area (Å²) >= 11 is 0. The van der Waals surface area contributed by atoms with Gasteiger partial charge in [-0.1, -0.05) is 42.5 Å². The summed E-state index contributed by atoms with van der Waals surface area (Å²) in [5.41, 5.74) is 2.74. The molecular weight excluding hydrogens is 300 g/mol. The number of nitrogens with zero attached hydrogens (tertiary/aromatic N) is 2. The lowest BCUT2D eigenvalue weighted by atomic mass is 9.89. The minimum absolute atomic E-state index is 0.513. The third-order valence-corrected chi connectivity index (χ3v) is 4.01. The highest BCUT2D eigenvalue weighted by Crippen LogP contribution is 2.25. The summed E-state index contributed by atoms with van der Waals surface area (Å²) in [6, 6.07) is 21.1. The maximum absolute atomic E-state index is 11.5. The van der Waals surface area contributed by atoms with Crippen LogP contribution in [0.25, 0.3) is 22.6 Å². The van der Waals surface area contributed by atoms with Gasteiger partial charge in [0.15, 0.2) is 0 Å². The molecule has 0 saturated carbocycles. The topological polar surface area (TPSA) is 63.1 Å². The first-order chi connectivity index (χ1) is 11.5. The molecule has 4 heteroatoms. The number of rotatable bonds is 4. The molecule has 24 heavy (non-hydrogen) atoms. The third-order valence-electron chi connectivity index (χ3n) is 4.01. The quantitative estimate of drug-likeness (QED) is 0.784. The SMILES string of the molecule is CC(C)(C(=O)O)c1cccc(-c2cccc(-c3ccccc3)n2)n1. The molecule has 3 rings (SSSR count). The van der Waals surface area contributed by atoms with E-state index in [1.807, 2.05) is 60.7 Å². The van der Waals surface area contributed by atoms with E-state index >= 15 is 0 Å². The number of aromatic nitrogens is 2. The van der Waals surface area contributed by atoms with Crippen LogP contribution in [-0.4, -0.2) is 21.0 Å². The number of hydrogen-bond acceptors (Lipinski definition) is 3. The van der Waals surface area contributed by atoms with Crippen molar-refractivity contribution in [1.82, 2.24) is 9.97 Å².